The molecule has 0 bridgehead atoms. The largest absolute Gasteiger partial charge is 0.393 e. The number of hydrogen-bond donors (Lipinski definition) is 3. The van der Waals surface area contributed by atoms with Crippen molar-refractivity contribution in [1.82, 2.24) is 0 Å². The van der Waals surface area contributed by atoms with Gasteiger partial charge in [-0.15, -0.1) is 0 Å². The fraction of sp³-hybridized carbons (Fsp3) is 1.00. The molecular formula is C19H33NO2. The van der Waals surface area contributed by atoms with Gasteiger partial charge in [0.05, 0.1) is 12.2 Å². The van der Waals surface area contributed by atoms with E-state index < -0.39 is 0 Å². The average Bonchev–Trinajstić information content (AvgIpc) is 2.72. The van der Waals surface area contributed by atoms with Gasteiger partial charge in [0.25, 0.3) is 0 Å². The second-order valence-electron chi connectivity index (χ2n) is 9.47. The first kappa shape index (κ1) is 15.4. The fourth-order valence-corrected chi connectivity index (χ4v) is 7.31. The Hall–Kier alpha value is -0.120. The van der Waals surface area contributed by atoms with Crippen molar-refractivity contribution < 1.29 is 10.2 Å². The van der Waals surface area contributed by atoms with Crippen LogP contribution in [0, 0.1) is 34.5 Å². The third-order valence-electron chi connectivity index (χ3n) is 8.68. The molecule has 0 amide bonds. The standard InChI is InChI=1S/C19H33NO2/c1-18-7-5-12(21)9-11(18)3-4-13-14(18)6-8-19(2)15(13)10-16(20)17(19)22/h11-17,21-22H,3-10,20H2,1-2H3/t11-,12-,13-,14-,15-,16-,17+,18-,19+/m1/s1. The molecule has 4 saturated carbocycles. The van der Waals surface area contributed by atoms with E-state index in [9.17, 15) is 10.2 Å². The third kappa shape index (κ3) is 1.91. The number of aliphatic hydroxyl groups is 2. The van der Waals surface area contributed by atoms with Crippen LogP contribution in [0.2, 0.25) is 0 Å². The first-order valence-corrected chi connectivity index (χ1v) is 9.48. The molecule has 0 heterocycles. The molecule has 0 radical (unpaired) electrons. The lowest BCUT2D eigenvalue weighted by Crippen LogP contribution is -2.54. The van der Waals surface area contributed by atoms with Gasteiger partial charge in [-0.2, -0.15) is 0 Å². The Kier molecular flexibility index (Phi) is 3.46. The Morgan fingerprint density at radius 2 is 1.59 bits per heavy atom. The lowest BCUT2D eigenvalue weighted by Gasteiger charge is -2.60. The van der Waals surface area contributed by atoms with Gasteiger partial charge in [-0.1, -0.05) is 13.8 Å². The molecule has 0 aromatic heterocycles. The average molecular weight is 307 g/mol. The molecule has 4 aliphatic rings. The topological polar surface area (TPSA) is 66.5 Å². The number of rotatable bonds is 0. The van der Waals surface area contributed by atoms with Crippen molar-refractivity contribution in [3.8, 4) is 0 Å². The zero-order valence-corrected chi connectivity index (χ0v) is 14.2. The van der Waals surface area contributed by atoms with Crippen molar-refractivity contribution in [3.05, 3.63) is 0 Å². The van der Waals surface area contributed by atoms with Crippen LogP contribution in [0.4, 0.5) is 0 Å². The molecule has 0 aromatic rings. The number of fused-ring (bicyclic) bond motifs is 5. The van der Waals surface area contributed by atoms with E-state index in [0.29, 0.717) is 17.3 Å². The summed E-state index contributed by atoms with van der Waals surface area (Å²) in [5.74, 6) is 2.86. The van der Waals surface area contributed by atoms with Crippen LogP contribution in [-0.4, -0.2) is 28.5 Å². The summed E-state index contributed by atoms with van der Waals surface area (Å²) < 4.78 is 0. The van der Waals surface area contributed by atoms with Crippen LogP contribution in [0.3, 0.4) is 0 Å². The predicted octanol–water partition coefficient (Wildman–Crippen LogP) is 2.69. The van der Waals surface area contributed by atoms with Gasteiger partial charge in [-0.25, -0.2) is 0 Å². The second-order valence-corrected chi connectivity index (χ2v) is 9.47. The smallest absolute Gasteiger partial charge is 0.0747 e. The summed E-state index contributed by atoms with van der Waals surface area (Å²) in [7, 11) is 0. The highest BCUT2D eigenvalue weighted by atomic mass is 16.3. The molecule has 0 unspecified atom stereocenters. The Balaban J connectivity index is 1.63. The maximum absolute atomic E-state index is 10.6. The van der Waals surface area contributed by atoms with E-state index in [1.165, 1.54) is 25.7 Å². The minimum absolute atomic E-state index is 0.0209. The van der Waals surface area contributed by atoms with Crippen molar-refractivity contribution in [2.24, 2.45) is 40.2 Å². The van der Waals surface area contributed by atoms with Crippen molar-refractivity contribution in [1.29, 1.82) is 0 Å². The minimum atomic E-state index is -0.308. The van der Waals surface area contributed by atoms with Gasteiger partial charge >= 0.3 is 0 Å². The van der Waals surface area contributed by atoms with E-state index in [2.05, 4.69) is 13.8 Å². The Morgan fingerprint density at radius 3 is 2.36 bits per heavy atom. The lowest BCUT2D eigenvalue weighted by atomic mass is 9.45. The predicted molar refractivity (Wildman–Crippen MR) is 87.1 cm³/mol. The van der Waals surface area contributed by atoms with Crippen LogP contribution in [0.5, 0.6) is 0 Å². The van der Waals surface area contributed by atoms with Crippen molar-refractivity contribution in [2.75, 3.05) is 0 Å². The minimum Gasteiger partial charge on any atom is -0.393 e. The fourth-order valence-electron chi connectivity index (χ4n) is 7.31. The zero-order valence-electron chi connectivity index (χ0n) is 14.2. The molecule has 4 aliphatic carbocycles. The van der Waals surface area contributed by atoms with Crippen LogP contribution in [0.1, 0.15) is 65.2 Å². The molecule has 4 N–H and O–H groups in total. The van der Waals surface area contributed by atoms with Gasteiger partial charge in [-0.05, 0) is 85.9 Å². The number of hydrogen-bond acceptors (Lipinski definition) is 3. The maximum atomic E-state index is 10.6. The molecule has 0 aliphatic heterocycles. The molecule has 4 rings (SSSR count). The van der Waals surface area contributed by atoms with Crippen LogP contribution < -0.4 is 5.73 Å². The first-order valence-electron chi connectivity index (χ1n) is 9.48. The van der Waals surface area contributed by atoms with E-state index in [-0.39, 0.29) is 23.7 Å². The molecule has 0 spiro atoms. The first-order chi connectivity index (χ1) is 10.4. The van der Waals surface area contributed by atoms with Crippen LogP contribution in [-0.2, 0) is 0 Å². The van der Waals surface area contributed by atoms with Crippen LogP contribution >= 0.6 is 0 Å². The monoisotopic (exact) mass is 307 g/mol. The molecule has 3 nitrogen and oxygen atoms in total. The summed E-state index contributed by atoms with van der Waals surface area (Å²) in [6, 6.07) is -0.0209. The quantitative estimate of drug-likeness (QED) is 0.644. The maximum Gasteiger partial charge on any atom is 0.0747 e. The summed E-state index contributed by atoms with van der Waals surface area (Å²) >= 11 is 0. The van der Waals surface area contributed by atoms with Crippen molar-refractivity contribution in [3.63, 3.8) is 0 Å². The molecule has 9 atom stereocenters. The van der Waals surface area contributed by atoms with E-state index in [4.69, 9.17) is 5.73 Å². The molecule has 22 heavy (non-hydrogen) atoms. The van der Waals surface area contributed by atoms with E-state index in [0.717, 1.165) is 37.5 Å². The van der Waals surface area contributed by atoms with E-state index >= 15 is 0 Å². The highest BCUT2D eigenvalue weighted by molar-refractivity contribution is 5.12. The van der Waals surface area contributed by atoms with Crippen molar-refractivity contribution in [2.45, 2.75) is 83.5 Å². The van der Waals surface area contributed by atoms with Gasteiger partial charge in [0.2, 0.25) is 0 Å². The van der Waals surface area contributed by atoms with Crippen LogP contribution in [0.15, 0.2) is 0 Å². The summed E-state index contributed by atoms with van der Waals surface area (Å²) in [4.78, 5) is 0. The number of nitrogens with two attached hydrogens (primary N) is 1. The van der Waals surface area contributed by atoms with Gasteiger partial charge in [0, 0.05) is 6.04 Å². The van der Waals surface area contributed by atoms with Gasteiger partial charge in [-0.3, -0.25) is 0 Å². The summed E-state index contributed by atoms with van der Waals surface area (Å²) in [5, 5.41) is 20.7. The highest BCUT2D eigenvalue weighted by Crippen LogP contribution is 2.65. The normalized spacial score (nSPS) is 61.2. The molecular weight excluding hydrogens is 274 g/mol. The molecule has 0 aromatic carbocycles. The Labute approximate surface area is 134 Å². The molecule has 3 heteroatoms. The zero-order chi connectivity index (χ0) is 15.7. The molecule has 4 fully saturated rings. The summed E-state index contributed by atoms with van der Waals surface area (Å²) in [5.41, 5.74) is 6.72. The summed E-state index contributed by atoms with van der Waals surface area (Å²) in [6.45, 7) is 4.80. The lowest BCUT2D eigenvalue weighted by molar-refractivity contribution is -0.134. The Bertz CT molecular complexity index is 455. The Morgan fingerprint density at radius 1 is 0.864 bits per heavy atom. The molecule has 0 saturated heterocycles. The van der Waals surface area contributed by atoms with E-state index in [1.807, 2.05) is 0 Å². The third-order valence-corrected chi connectivity index (χ3v) is 8.68. The van der Waals surface area contributed by atoms with E-state index in [1.54, 1.807) is 0 Å². The second kappa shape index (κ2) is 4.94. The number of aliphatic hydroxyl groups excluding tert-OH is 2. The van der Waals surface area contributed by atoms with Gasteiger partial charge in [0.15, 0.2) is 0 Å². The highest BCUT2D eigenvalue weighted by Gasteiger charge is 2.61. The summed E-state index contributed by atoms with van der Waals surface area (Å²) in [6.07, 6.45) is 8.79. The van der Waals surface area contributed by atoms with Gasteiger partial charge in [0.1, 0.15) is 0 Å². The van der Waals surface area contributed by atoms with Crippen molar-refractivity contribution >= 4 is 0 Å². The molecule has 126 valence electrons. The SMILES string of the molecule is C[C@]12CC[C@@H]3[C@@H](CC[C@@H]4C[C@H](O)CC[C@]43C)[C@H]1C[C@@H](N)[C@@H]2O. The van der Waals surface area contributed by atoms with Gasteiger partial charge < -0.3 is 15.9 Å². The van der Waals surface area contributed by atoms with Crippen LogP contribution in [0.25, 0.3) is 0 Å².